The van der Waals surface area contributed by atoms with Crippen molar-refractivity contribution in [3.8, 4) is 28.3 Å². The lowest BCUT2D eigenvalue weighted by Gasteiger charge is -2.07. The van der Waals surface area contributed by atoms with E-state index in [0.29, 0.717) is 5.89 Å². The van der Waals surface area contributed by atoms with Gasteiger partial charge >= 0.3 is 0 Å². The molecule has 2 aromatic heterocycles. The van der Waals surface area contributed by atoms with Gasteiger partial charge < -0.3 is 4.42 Å². The molecule has 0 saturated carbocycles. The van der Waals surface area contributed by atoms with Crippen LogP contribution in [0.4, 0.5) is 0 Å². The quantitative estimate of drug-likeness (QED) is 0.456. The molecule has 2 heterocycles. The molecule has 5 rings (SSSR count). The van der Waals surface area contributed by atoms with E-state index in [9.17, 15) is 0 Å². The van der Waals surface area contributed by atoms with E-state index >= 15 is 0 Å². The Morgan fingerprint density at radius 1 is 0.778 bits per heavy atom. The molecule has 3 aromatic carbocycles. The average molecular weight is 352 g/mol. The van der Waals surface area contributed by atoms with Crippen molar-refractivity contribution >= 4 is 11.1 Å². The Balaban J connectivity index is 1.59. The Labute approximate surface area is 155 Å². The third-order valence-electron chi connectivity index (χ3n) is 4.65. The van der Waals surface area contributed by atoms with Gasteiger partial charge in [0.1, 0.15) is 18.2 Å². The number of rotatable bonds is 3. The first-order chi connectivity index (χ1) is 13.3. The minimum Gasteiger partial charge on any atom is -0.436 e. The van der Waals surface area contributed by atoms with Crippen LogP contribution in [0.1, 0.15) is 5.56 Å². The summed E-state index contributed by atoms with van der Waals surface area (Å²) in [6, 6.07) is 22.5. The van der Waals surface area contributed by atoms with Crippen molar-refractivity contribution in [2.75, 3.05) is 0 Å². The van der Waals surface area contributed by atoms with Crippen molar-refractivity contribution < 1.29 is 4.42 Å². The number of fused-ring (bicyclic) bond motifs is 1. The summed E-state index contributed by atoms with van der Waals surface area (Å²) < 4.78 is 7.89. The van der Waals surface area contributed by atoms with Crippen molar-refractivity contribution in [3.63, 3.8) is 0 Å². The van der Waals surface area contributed by atoms with Crippen LogP contribution in [0, 0.1) is 6.92 Å². The summed E-state index contributed by atoms with van der Waals surface area (Å²) in [6.45, 7) is 2.05. The second-order valence-electron chi connectivity index (χ2n) is 6.44. The van der Waals surface area contributed by atoms with Crippen molar-refractivity contribution in [2.45, 2.75) is 6.92 Å². The van der Waals surface area contributed by atoms with Gasteiger partial charge in [-0.1, -0.05) is 42.5 Å². The van der Waals surface area contributed by atoms with E-state index in [1.807, 2.05) is 41.0 Å². The Bertz CT molecular complexity index is 1220. The number of oxazole rings is 1. The second-order valence-corrected chi connectivity index (χ2v) is 6.44. The molecule has 130 valence electrons. The summed E-state index contributed by atoms with van der Waals surface area (Å²) >= 11 is 0. The fourth-order valence-corrected chi connectivity index (χ4v) is 3.21. The Kier molecular flexibility index (Phi) is 3.57. The van der Waals surface area contributed by atoms with E-state index in [4.69, 9.17) is 9.40 Å². The largest absolute Gasteiger partial charge is 0.436 e. The van der Waals surface area contributed by atoms with Gasteiger partial charge in [0.2, 0.25) is 5.89 Å². The summed E-state index contributed by atoms with van der Waals surface area (Å²) in [5.41, 5.74) is 6.95. The van der Waals surface area contributed by atoms with Crippen molar-refractivity contribution in [3.05, 3.63) is 84.9 Å². The van der Waals surface area contributed by atoms with Gasteiger partial charge in [-0.05, 0) is 47.9 Å². The van der Waals surface area contributed by atoms with E-state index in [-0.39, 0.29) is 0 Å². The molecular weight excluding hydrogens is 336 g/mol. The lowest BCUT2D eigenvalue weighted by atomic mass is 10.1. The van der Waals surface area contributed by atoms with E-state index < -0.39 is 0 Å². The highest BCUT2D eigenvalue weighted by molar-refractivity contribution is 5.82. The molecule has 0 fully saturated rings. The molecule has 0 aliphatic carbocycles. The number of hydrogen-bond acceptors (Lipinski definition) is 4. The van der Waals surface area contributed by atoms with E-state index in [0.717, 1.165) is 39.0 Å². The van der Waals surface area contributed by atoms with Crippen LogP contribution in [0.25, 0.3) is 39.4 Å². The van der Waals surface area contributed by atoms with Gasteiger partial charge in [0, 0.05) is 5.56 Å². The standard InChI is InChI=1S/C22H16N4O/c1-15-7-8-18(12-20(15)26-13-23-24-14-26)22-25-19-11-17(9-10-21(19)27-22)16-5-3-2-4-6-16/h2-14H,1H3. The van der Waals surface area contributed by atoms with Crippen LogP contribution >= 0.6 is 0 Å². The SMILES string of the molecule is Cc1ccc(-c2nc3cc(-c4ccccc4)ccc3o2)cc1-n1cnnc1. The number of aromatic nitrogens is 4. The smallest absolute Gasteiger partial charge is 0.227 e. The number of benzene rings is 3. The maximum Gasteiger partial charge on any atom is 0.227 e. The molecule has 0 spiro atoms. The monoisotopic (exact) mass is 352 g/mol. The Morgan fingerprint density at radius 3 is 2.37 bits per heavy atom. The minimum absolute atomic E-state index is 0.601. The fourth-order valence-electron chi connectivity index (χ4n) is 3.21. The van der Waals surface area contributed by atoms with E-state index in [1.165, 1.54) is 0 Å². The lowest BCUT2D eigenvalue weighted by Crippen LogP contribution is -1.94. The highest BCUT2D eigenvalue weighted by atomic mass is 16.3. The van der Waals surface area contributed by atoms with Gasteiger partial charge in [0.05, 0.1) is 5.69 Å². The summed E-state index contributed by atoms with van der Waals surface area (Å²) in [4.78, 5) is 4.71. The number of hydrogen-bond donors (Lipinski definition) is 0. The molecule has 0 N–H and O–H groups in total. The topological polar surface area (TPSA) is 56.7 Å². The van der Waals surface area contributed by atoms with Crippen LogP contribution in [0.5, 0.6) is 0 Å². The third kappa shape index (κ3) is 2.79. The molecule has 0 unspecified atom stereocenters. The highest BCUT2D eigenvalue weighted by Gasteiger charge is 2.12. The maximum atomic E-state index is 6.01. The molecule has 0 bridgehead atoms. The molecule has 5 aromatic rings. The average Bonchev–Trinajstić information content (AvgIpc) is 3.38. The molecule has 0 aliphatic rings. The van der Waals surface area contributed by atoms with Crippen LogP contribution in [-0.2, 0) is 0 Å². The van der Waals surface area contributed by atoms with Crippen molar-refractivity contribution in [1.82, 2.24) is 19.7 Å². The summed E-state index contributed by atoms with van der Waals surface area (Å²) in [7, 11) is 0. The van der Waals surface area contributed by atoms with Gasteiger partial charge in [-0.2, -0.15) is 0 Å². The molecule has 0 amide bonds. The predicted octanol–water partition coefficient (Wildman–Crippen LogP) is 5.05. The van der Waals surface area contributed by atoms with Gasteiger partial charge in [-0.15, -0.1) is 10.2 Å². The molecule has 5 nitrogen and oxygen atoms in total. The second kappa shape index (κ2) is 6.21. The molecule has 5 heteroatoms. The van der Waals surface area contributed by atoms with E-state index in [1.54, 1.807) is 12.7 Å². The predicted molar refractivity (Wildman–Crippen MR) is 105 cm³/mol. The van der Waals surface area contributed by atoms with Crippen LogP contribution in [0.3, 0.4) is 0 Å². The van der Waals surface area contributed by atoms with E-state index in [2.05, 4.69) is 47.5 Å². The zero-order valence-corrected chi connectivity index (χ0v) is 14.7. The maximum absolute atomic E-state index is 6.01. The lowest BCUT2D eigenvalue weighted by molar-refractivity contribution is 0.620. The Morgan fingerprint density at radius 2 is 1.56 bits per heavy atom. The van der Waals surface area contributed by atoms with Crippen molar-refractivity contribution in [1.29, 1.82) is 0 Å². The molecule has 27 heavy (non-hydrogen) atoms. The first-order valence-corrected chi connectivity index (χ1v) is 8.70. The Hall–Kier alpha value is -3.73. The molecule has 0 aliphatic heterocycles. The first-order valence-electron chi connectivity index (χ1n) is 8.70. The zero-order chi connectivity index (χ0) is 18.2. The van der Waals surface area contributed by atoms with Gasteiger partial charge in [0.25, 0.3) is 0 Å². The molecule has 0 saturated heterocycles. The summed E-state index contributed by atoms with van der Waals surface area (Å²) in [5, 5.41) is 7.78. The molecule has 0 atom stereocenters. The van der Waals surface area contributed by atoms with Crippen molar-refractivity contribution in [2.24, 2.45) is 0 Å². The van der Waals surface area contributed by atoms with Gasteiger partial charge in [0.15, 0.2) is 5.58 Å². The number of nitrogens with zero attached hydrogens (tertiary/aromatic N) is 4. The fraction of sp³-hybridized carbons (Fsp3) is 0.0455. The number of aryl methyl sites for hydroxylation is 1. The highest BCUT2D eigenvalue weighted by Crippen LogP contribution is 2.30. The van der Waals surface area contributed by atoms with Gasteiger partial charge in [-0.3, -0.25) is 4.57 Å². The molecular formula is C22H16N4O. The third-order valence-corrected chi connectivity index (χ3v) is 4.65. The first kappa shape index (κ1) is 15.5. The van der Waals surface area contributed by atoms with Crippen LogP contribution < -0.4 is 0 Å². The summed E-state index contributed by atoms with van der Waals surface area (Å²) in [5.74, 6) is 0.601. The summed E-state index contributed by atoms with van der Waals surface area (Å²) in [6.07, 6.45) is 3.37. The van der Waals surface area contributed by atoms with Gasteiger partial charge in [-0.25, -0.2) is 4.98 Å². The van der Waals surface area contributed by atoms with Crippen LogP contribution in [0.15, 0.2) is 83.8 Å². The van der Waals surface area contributed by atoms with Crippen LogP contribution in [-0.4, -0.2) is 19.7 Å². The normalized spacial score (nSPS) is 11.1. The zero-order valence-electron chi connectivity index (χ0n) is 14.7. The van der Waals surface area contributed by atoms with Crippen LogP contribution in [0.2, 0.25) is 0 Å². The minimum atomic E-state index is 0.601. The molecule has 0 radical (unpaired) electrons.